The molecule has 0 bridgehead atoms. The van der Waals surface area contributed by atoms with Crippen LogP contribution in [-0.4, -0.2) is 31.3 Å². The standard InChI is InChI=1S/C11H9F5O2/c12-8-4-2-1-3-7(8)9(17)5-18-6-11(15,16)10(13)14/h1-4,10H,5-6H2. The van der Waals surface area contributed by atoms with Gasteiger partial charge in [-0.25, -0.2) is 13.2 Å². The van der Waals surface area contributed by atoms with Crippen LogP contribution in [0.1, 0.15) is 10.4 Å². The van der Waals surface area contributed by atoms with Gasteiger partial charge in [0.05, 0.1) is 5.56 Å². The molecule has 0 radical (unpaired) electrons. The SMILES string of the molecule is O=C(COCC(F)(F)C(F)F)c1ccccc1F. The van der Waals surface area contributed by atoms with Crippen molar-refractivity contribution in [1.82, 2.24) is 0 Å². The average molecular weight is 268 g/mol. The molecule has 0 heterocycles. The molecule has 0 amide bonds. The van der Waals surface area contributed by atoms with Gasteiger partial charge in [0.15, 0.2) is 5.78 Å². The van der Waals surface area contributed by atoms with E-state index in [0.717, 1.165) is 12.1 Å². The van der Waals surface area contributed by atoms with E-state index in [9.17, 15) is 26.7 Å². The van der Waals surface area contributed by atoms with Crippen LogP contribution in [0.4, 0.5) is 22.0 Å². The lowest BCUT2D eigenvalue weighted by atomic mass is 10.1. The topological polar surface area (TPSA) is 26.3 Å². The second-order valence-electron chi connectivity index (χ2n) is 3.46. The van der Waals surface area contributed by atoms with Crippen LogP contribution in [-0.2, 0) is 4.74 Å². The number of Topliss-reactive ketones (excluding diaryl/α,β-unsaturated/α-hetero) is 1. The first-order valence-corrected chi connectivity index (χ1v) is 4.86. The summed E-state index contributed by atoms with van der Waals surface area (Å²) in [6, 6.07) is 4.88. The largest absolute Gasteiger partial charge is 0.367 e. The van der Waals surface area contributed by atoms with Gasteiger partial charge in [-0.2, -0.15) is 8.78 Å². The van der Waals surface area contributed by atoms with E-state index in [2.05, 4.69) is 4.74 Å². The van der Waals surface area contributed by atoms with Crippen molar-refractivity contribution < 1.29 is 31.5 Å². The highest BCUT2D eigenvalue weighted by Gasteiger charge is 2.41. The van der Waals surface area contributed by atoms with Gasteiger partial charge in [0.1, 0.15) is 19.0 Å². The summed E-state index contributed by atoms with van der Waals surface area (Å²) in [7, 11) is 0. The number of carbonyl (C=O) groups is 1. The Hall–Kier alpha value is -1.50. The zero-order valence-electron chi connectivity index (χ0n) is 9.01. The number of ketones is 1. The average Bonchev–Trinajstić information content (AvgIpc) is 2.29. The van der Waals surface area contributed by atoms with Crippen molar-refractivity contribution in [3.8, 4) is 0 Å². The number of hydrogen-bond acceptors (Lipinski definition) is 2. The van der Waals surface area contributed by atoms with Gasteiger partial charge in [0.25, 0.3) is 0 Å². The number of carbonyl (C=O) groups excluding carboxylic acids is 1. The van der Waals surface area contributed by atoms with Crippen LogP contribution in [0.3, 0.4) is 0 Å². The summed E-state index contributed by atoms with van der Waals surface area (Å²) in [5.74, 6) is -6.04. The zero-order chi connectivity index (χ0) is 13.8. The summed E-state index contributed by atoms with van der Waals surface area (Å²) >= 11 is 0. The maximum Gasteiger partial charge on any atom is 0.330 e. The van der Waals surface area contributed by atoms with E-state index < -0.39 is 37.2 Å². The Labute approximate surface area is 99.4 Å². The monoisotopic (exact) mass is 268 g/mol. The summed E-state index contributed by atoms with van der Waals surface area (Å²) in [6.45, 7) is -2.48. The first-order chi connectivity index (χ1) is 8.34. The molecule has 0 atom stereocenters. The lowest BCUT2D eigenvalue weighted by Gasteiger charge is -2.14. The fourth-order valence-electron chi connectivity index (χ4n) is 1.11. The normalized spacial score (nSPS) is 11.9. The second kappa shape index (κ2) is 5.90. The Morgan fingerprint density at radius 3 is 2.44 bits per heavy atom. The number of ether oxygens (including phenoxy) is 1. The Balaban J connectivity index is 2.51. The summed E-state index contributed by atoms with van der Waals surface area (Å²) in [5.41, 5.74) is -0.335. The van der Waals surface area contributed by atoms with Gasteiger partial charge < -0.3 is 4.74 Å². The van der Waals surface area contributed by atoms with E-state index in [1.165, 1.54) is 12.1 Å². The second-order valence-corrected chi connectivity index (χ2v) is 3.46. The lowest BCUT2D eigenvalue weighted by molar-refractivity contribution is -0.163. The predicted molar refractivity (Wildman–Crippen MR) is 52.5 cm³/mol. The molecule has 0 fully saturated rings. The van der Waals surface area contributed by atoms with Gasteiger partial charge in [0, 0.05) is 0 Å². The third-order valence-corrected chi connectivity index (χ3v) is 2.02. The molecule has 0 unspecified atom stereocenters. The molecule has 0 aromatic heterocycles. The molecule has 100 valence electrons. The zero-order valence-corrected chi connectivity index (χ0v) is 9.01. The molecule has 0 spiro atoms. The van der Waals surface area contributed by atoms with Gasteiger partial charge in [-0.3, -0.25) is 4.79 Å². The third kappa shape index (κ3) is 3.76. The molecule has 0 saturated heterocycles. The summed E-state index contributed by atoms with van der Waals surface area (Å²) in [5, 5.41) is 0. The van der Waals surface area contributed by atoms with Gasteiger partial charge in [0.2, 0.25) is 0 Å². The molecule has 0 aliphatic rings. The Kier molecular flexibility index (Phi) is 4.77. The van der Waals surface area contributed by atoms with Crippen LogP contribution >= 0.6 is 0 Å². The third-order valence-electron chi connectivity index (χ3n) is 2.02. The Morgan fingerprint density at radius 2 is 1.89 bits per heavy atom. The molecular formula is C11H9F5O2. The molecule has 18 heavy (non-hydrogen) atoms. The van der Waals surface area contributed by atoms with E-state index >= 15 is 0 Å². The molecule has 1 aromatic rings. The van der Waals surface area contributed by atoms with E-state index in [1.807, 2.05) is 0 Å². The minimum Gasteiger partial charge on any atom is -0.367 e. The van der Waals surface area contributed by atoms with E-state index in [4.69, 9.17) is 0 Å². The van der Waals surface area contributed by atoms with E-state index in [1.54, 1.807) is 0 Å². The lowest BCUT2D eigenvalue weighted by Crippen LogP contribution is -2.33. The molecule has 2 nitrogen and oxygen atoms in total. The molecule has 1 aromatic carbocycles. The van der Waals surface area contributed by atoms with Crippen LogP contribution in [0.15, 0.2) is 24.3 Å². The maximum atomic E-state index is 13.1. The quantitative estimate of drug-likeness (QED) is 0.585. The first kappa shape index (κ1) is 14.6. The molecule has 1 rings (SSSR count). The highest BCUT2D eigenvalue weighted by molar-refractivity contribution is 5.97. The van der Waals surface area contributed by atoms with Crippen molar-refractivity contribution in [2.75, 3.05) is 13.2 Å². The summed E-state index contributed by atoms with van der Waals surface area (Å²) < 4.78 is 65.6. The molecule has 0 aliphatic heterocycles. The van der Waals surface area contributed by atoms with Crippen molar-refractivity contribution >= 4 is 5.78 Å². The van der Waals surface area contributed by atoms with Crippen molar-refractivity contribution in [2.24, 2.45) is 0 Å². The highest BCUT2D eigenvalue weighted by Crippen LogP contribution is 2.22. The van der Waals surface area contributed by atoms with Gasteiger partial charge in [-0.1, -0.05) is 12.1 Å². The molecule has 7 heteroatoms. The number of hydrogen-bond donors (Lipinski definition) is 0. The van der Waals surface area contributed by atoms with E-state index in [-0.39, 0.29) is 5.56 Å². The fourth-order valence-corrected chi connectivity index (χ4v) is 1.11. The summed E-state index contributed by atoms with van der Waals surface area (Å²) in [4.78, 5) is 11.3. The van der Waals surface area contributed by atoms with Gasteiger partial charge >= 0.3 is 12.3 Å². The number of rotatable bonds is 6. The molecule has 0 aliphatic carbocycles. The number of alkyl halides is 4. The molecule has 0 saturated carbocycles. The number of benzene rings is 1. The summed E-state index contributed by atoms with van der Waals surface area (Å²) in [6.07, 6.45) is -3.87. The predicted octanol–water partition coefficient (Wildman–Crippen LogP) is 2.93. The van der Waals surface area contributed by atoms with Crippen molar-refractivity contribution in [3.63, 3.8) is 0 Å². The van der Waals surface area contributed by atoms with Gasteiger partial charge in [-0.05, 0) is 12.1 Å². The van der Waals surface area contributed by atoms with Crippen molar-refractivity contribution in [3.05, 3.63) is 35.6 Å². The Bertz CT molecular complexity index is 420. The van der Waals surface area contributed by atoms with Crippen molar-refractivity contribution in [2.45, 2.75) is 12.3 Å². The maximum absolute atomic E-state index is 13.1. The van der Waals surface area contributed by atoms with Crippen LogP contribution < -0.4 is 0 Å². The molecule has 0 N–H and O–H groups in total. The first-order valence-electron chi connectivity index (χ1n) is 4.86. The minimum atomic E-state index is -4.32. The van der Waals surface area contributed by atoms with E-state index in [0.29, 0.717) is 0 Å². The molecular weight excluding hydrogens is 259 g/mol. The van der Waals surface area contributed by atoms with Gasteiger partial charge in [-0.15, -0.1) is 0 Å². The van der Waals surface area contributed by atoms with Crippen LogP contribution in [0, 0.1) is 5.82 Å². The fraction of sp³-hybridized carbons (Fsp3) is 0.364. The Morgan fingerprint density at radius 1 is 1.28 bits per heavy atom. The van der Waals surface area contributed by atoms with Crippen LogP contribution in [0.2, 0.25) is 0 Å². The van der Waals surface area contributed by atoms with Crippen LogP contribution in [0.25, 0.3) is 0 Å². The number of halogens is 5. The minimum absolute atomic E-state index is 0.335. The van der Waals surface area contributed by atoms with Crippen molar-refractivity contribution in [1.29, 1.82) is 0 Å². The smallest absolute Gasteiger partial charge is 0.330 e. The van der Waals surface area contributed by atoms with Crippen LogP contribution in [0.5, 0.6) is 0 Å². The highest BCUT2D eigenvalue weighted by atomic mass is 19.3.